The Morgan fingerprint density at radius 3 is 2.63 bits per heavy atom. The summed E-state index contributed by atoms with van der Waals surface area (Å²) in [5.41, 5.74) is 0.357. The molecule has 1 aromatic rings. The number of carbonyl (C=O) groups excluding carboxylic acids is 1. The van der Waals surface area contributed by atoms with E-state index in [1.165, 1.54) is 12.3 Å². The second-order valence-corrected chi connectivity index (χ2v) is 5.02. The molecule has 1 amide bonds. The third-order valence-corrected chi connectivity index (χ3v) is 3.90. The Labute approximate surface area is 113 Å². The lowest BCUT2D eigenvalue weighted by Crippen LogP contribution is -2.45. The van der Waals surface area contributed by atoms with Crippen molar-refractivity contribution in [2.24, 2.45) is 0 Å². The average molecular weight is 263 g/mol. The van der Waals surface area contributed by atoms with Gasteiger partial charge in [0.1, 0.15) is 0 Å². The molecular formula is C14H21N3O2. The van der Waals surface area contributed by atoms with Gasteiger partial charge in [-0.1, -0.05) is 6.92 Å². The van der Waals surface area contributed by atoms with Crippen molar-refractivity contribution >= 4 is 5.91 Å². The number of H-pyrrole nitrogens is 1. The molecule has 2 rings (SSSR count). The number of hydrogen-bond acceptors (Lipinski definition) is 3. The molecule has 19 heavy (non-hydrogen) atoms. The summed E-state index contributed by atoms with van der Waals surface area (Å²) >= 11 is 0. The lowest BCUT2D eigenvalue weighted by atomic mass is 10.0. The van der Waals surface area contributed by atoms with Gasteiger partial charge in [0.15, 0.2) is 0 Å². The standard InChI is InChI=1S/C14H21N3O2/c1-3-17-8-6-12(7-9-17)16(2)14(19)11-4-5-13(18)15-10-11/h4-5,10,12H,3,6-9H2,1-2H3,(H,15,18). The van der Waals surface area contributed by atoms with Crippen molar-refractivity contribution in [2.75, 3.05) is 26.7 Å². The molecule has 0 unspecified atom stereocenters. The summed E-state index contributed by atoms with van der Waals surface area (Å²) in [7, 11) is 1.85. The van der Waals surface area contributed by atoms with Crippen LogP contribution in [0.5, 0.6) is 0 Å². The summed E-state index contributed by atoms with van der Waals surface area (Å²) in [6, 6.07) is 3.27. The summed E-state index contributed by atoms with van der Waals surface area (Å²) in [5.74, 6) is -0.0220. The van der Waals surface area contributed by atoms with Crippen LogP contribution in [0.25, 0.3) is 0 Å². The first-order chi connectivity index (χ1) is 9.11. The predicted molar refractivity (Wildman–Crippen MR) is 74.3 cm³/mol. The molecule has 0 spiro atoms. The van der Waals surface area contributed by atoms with E-state index in [-0.39, 0.29) is 11.5 Å². The number of hydrogen-bond donors (Lipinski definition) is 1. The van der Waals surface area contributed by atoms with E-state index in [1.807, 2.05) is 7.05 Å². The number of carbonyl (C=O) groups is 1. The molecular weight excluding hydrogens is 242 g/mol. The van der Waals surface area contributed by atoms with Gasteiger partial charge in [0.2, 0.25) is 5.56 Å². The summed E-state index contributed by atoms with van der Waals surface area (Å²) in [4.78, 5) is 30.0. The Morgan fingerprint density at radius 1 is 1.42 bits per heavy atom. The molecule has 5 heteroatoms. The van der Waals surface area contributed by atoms with Crippen LogP contribution in [0.3, 0.4) is 0 Å². The minimum Gasteiger partial charge on any atom is -0.339 e. The molecule has 0 saturated carbocycles. The van der Waals surface area contributed by atoms with Crippen LogP contribution < -0.4 is 5.56 Å². The molecule has 0 bridgehead atoms. The SMILES string of the molecule is CCN1CCC(N(C)C(=O)c2ccc(=O)[nH]c2)CC1. The van der Waals surface area contributed by atoms with Gasteiger partial charge in [0.05, 0.1) is 5.56 Å². The quantitative estimate of drug-likeness (QED) is 0.882. The Kier molecular flexibility index (Phi) is 4.37. The summed E-state index contributed by atoms with van der Waals surface area (Å²) < 4.78 is 0. The fourth-order valence-corrected chi connectivity index (χ4v) is 2.54. The van der Waals surface area contributed by atoms with E-state index >= 15 is 0 Å². The maximum Gasteiger partial charge on any atom is 0.255 e. The molecule has 5 nitrogen and oxygen atoms in total. The minimum atomic E-state index is -0.185. The Morgan fingerprint density at radius 2 is 2.11 bits per heavy atom. The molecule has 1 aliphatic rings. The smallest absolute Gasteiger partial charge is 0.255 e. The number of likely N-dealkylation sites (tertiary alicyclic amines) is 1. The molecule has 1 N–H and O–H groups in total. The number of aromatic nitrogens is 1. The van der Waals surface area contributed by atoms with Crippen LogP contribution in [0.1, 0.15) is 30.1 Å². The van der Waals surface area contributed by atoms with E-state index in [9.17, 15) is 9.59 Å². The van der Waals surface area contributed by atoms with E-state index in [2.05, 4.69) is 16.8 Å². The number of amides is 1. The van der Waals surface area contributed by atoms with Crippen LogP contribution >= 0.6 is 0 Å². The average Bonchev–Trinajstić information content (AvgIpc) is 2.46. The summed E-state index contributed by atoms with van der Waals surface area (Å²) in [6.45, 7) is 5.33. The third kappa shape index (κ3) is 3.23. The maximum atomic E-state index is 12.3. The molecule has 1 fully saturated rings. The second kappa shape index (κ2) is 6.02. The monoisotopic (exact) mass is 263 g/mol. The molecule has 0 radical (unpaired) electrons. The van der Waals surface area contributed by atoms with Gasteiger partial charge in [-0.05, 0) is 25.5 Å². The summed E-state index contributed by atoms with van der Waals surface area (Å²) in [6.07, 6.45) is 3.52. The fourth-order valence-electron chi connectivity index (χ4n) is 2.54. The molecule has 0 aromatic carbocycles. The van der Waals surface area contributed by atoms with Crippen molar-refractivity contribution in [2.45, 2.75) is 25.8 Å². The molecule has 104 valence electrons. The van der Waals surface area contributed by atoms with Gasteiger partial charge in [0, 0.05) is 38.4 Å². The summed E-state index contributed by atoms with van der Waals surface area (Å²) in [5, 5.41) is 0. The van der Waals surface area contributed by atoms with Crippen molar-refractivity contribution in [3.8, 4) is 0 Å². The van der Waals surface area contributed by atoms with Crippen molar-refractivity contribution < 1.29 is 4.79 Å². The topological polar surface area (TPSA) is 56.4 Å². The van der Waals surface area contributed by atoms with E-state index in [1.54, 1.807) is 11.0 Å². The number of nitrogens with zero attached hydrogens (tertiary/aromatic N) is 2. The zero-order chi connectivity index (χ0) is 13.8. The first kappa shape index (κ1) is 13.8. The van der Waals surface area contributed by atoms with E-state index in [0.717, 1.165) is 32.5 Å². The minimum absolute atomic E-state index is 0.0220. The Hall–Kier alpha value is -1.62. The van der Waals surface area contributed by atoms with Gasteiger partial charge >= 0.3 is 0 Å². The zero-order valence-electron chi connectivity index (χ0n) is 11.6. The van der Waals surface area contributed by atoms with Crippen molar-refractivity contribution in [1.29, 1.82) is 0 Å². The number of pyridine rings is 1. The normalized spacial score (nSPS) is 17.4. The highest BCUT2D eigenvalue weighted by Crippen LogP contribution is 2.16. The highest BCUT2D eigenvalue weighted by Gasteiger charge is 2.25. The lowest BCUT2D eigenvalue weighted by Gasteiger charge is -2.36. The van der Waals surface area contributed by atoms with Crippen LogP contribution in [-0.2, 0) is 0 Å². The van der Waals surface area contributed by atoms with Gasteiger partial charge in [-0.25, -0.2) is 0 Å². The highest BCUT2D eigenvalue weighted by atomic mass is 16.2. The number of aromatic amines is 1. The van der Waals surface area contributed by atoms with Crippen molar-refractivity contribution in [3.63, 3.8) is 0 Å². The van der Waals surface area contributed by atoms with Crippen LogP contribution in [0, 0.1) is 0 Å². The lowest BCUT2D eigenvalue weighted by molar-refractivity contribution is 0.0646. The number of piperidine rings is 1. The molecule has 1 saturated heterocycles. The molecule has 1 aliphatic heterocycles. The first-order valence-electron chi connectivity index (χ1n) is 6.80. The third-order valence-electron chi connectivity index (χ3n) is 3.90. The Bertz CT molecular complexity index is 469. The predicted octanol–water partition coefficient (Wildman–Crippen LogP) is 0.931. The molecule has 2 heterocycles. The fraction of sp³-hybridized carbons (Fsp3) is 0.571. The van der Waals surface area contributed by atoms with Crippen LogP contribution in [-0.4, -0.2) is 53.4 Å². The van der Waals surface area contributed by atoms with Crippen LogP contribution in [0.2, 0.25) is 0 Å². The largest absolute Gasteiger partial charge is 0.339 e. The van der Waals surface area contributed by atoms with Gasteiger partial charge < -0.3 is 14.8 Å². The zero-order valence-corrected chi connectivity index (χ0v) is 11.6. The van der Waals surface area contributed by atoms with E-state index in [4.69, 9.17) is 0 Å². The van der Waals surface area contributed by atoms with Crippen molar-refractivity contribution in [1.82, 2.24) is 14.8 Å². The second-order valence-electron chi connectivity index (χ2n) is 5.02. The first-order valence-corrected chi connectivity index (χ1v) is 6.80. The van der Waals surface area contributed by atoms with Crippen molar-refractivity contribution in [3.05, 3.63) is 34.2 Å². The Balaban J connectivity index is 1.99. The van der Waals surface area contributed by atoms with Gasteiger partial charge in [-0.15, -0.1) is 0 Å². The van der Waals surface area contributed by atoms with E-state index < -0.39 is 0 Å². The van der Waals surface area contributed by atoms with Gasteiger partial charge in [-0.2, -0.15) is 0 Å². The highest BCUT2D eigenvalue weighted by molar-refractivity contribution is 5.93. The van der Waals surface area contributed by atoms with Crippen LogP contribution in [0.15, 0.2) is 23.1 Å². The molecule has 1 aromatic heterocycles. The van der Waals surface area contributed by atoms with Gasteiger partial charge in [-0.3, -0.25) is 9.59 Å². The molecule has 0 aliphatic carbocycles. The molecule has 0 atom stereocenters. The van der Waals surface area contributed by atoms with E-state index in [0.29, 0.717) is 11.6 Å². The maximum absolute atomic E-state index is 12.3. The van der Waals surface area contributed by atoms with Gasteiger partial charge in [0.25, 0.3) is 5.91 Å². The van der Waals surface area contributed by atoms with Crippen LogP contribution in [0.4, 0.5) is 0 Å². The number of rotatable bonds is 3. The number of nitrogens with one attached hydrogen (secondary N) is 1.